The number of methoxy groups -OCH3 is 1. The zero-order valence-electron chi connectivity index (χ0n) is 12.3. The van der Waals surface area contributed by atoms with Gasteiger partial charge in [-0.2, -0.15) is 0 Å². The molecular weight excluding hydrogens is 342 g/mol. The molecule has 3 nitrogen and oxygen atoms in total. The number of halogens is 1. The molecule has 0 unspecified atom stereocenters. The van der Waals surface area contributed by atoms with Gasteiger partial charge in [0.15, 0.2) is 0 Å². The van der Waals surface area contributed by atoms with Gasteiger partial charge in [0.1, 0.15) is 0 Å². The van der Waals surface area contributed by atoms with Gasteiger partial charge in [-0.1, -0.05) is 46.3 Å². The molecule has 0 atom stereocenters. The lowest BCUT2D eigenvalue weighted by molar-refractivity contribution is -0.139. The van der Waals surface area contributed by atoms with E-state index in [1.54, 1.807) is 0 Å². The molecule has 0 aliphatic heterocycles. The van der Waals surface area contributed by atoms with Gasteiger partial charge in [0.25, 0.3) is 0 Å². The van der Waals surface area contributed by atoms with Gasteiger partial charge in [0, 0.05) is 27.6 Å². The molecule has 0 saturated heterocycles. The molecule has 0 saturated carbocycles. The standard InChI is InChI=1S/C18H16BrNO2/c1-22-18(21)11-16-10-14-9-15(19)7-8-17(14)20(16)12-13-5-3-2-4-6-13/h2-10H,11-12H2,1H3. The Morgan fingerprint density at radius 3 is 2.64 bits per heavy atom. The van der Waals surface area contributed by atoms with Crippen LogP contribution in [0.4, 0.5) is 0 Å². The van der Waals surface area contributed by atoms with Crippen molar-refractivity contribution in [3.05, 3.63) is 70.3 Å². The highest BCUT2D eigenvalue weighted by molar-refractivity contribution is 9.10. The van der Waals surface area contributed by atoms with Crippen LogP contribution in [0.5, 0.6) is 0 Å². The fraction of sp³-hybridized carbons (Fsp3) is 0.167. The van der Waals surface area contributed by atoms with Crippen molar-refractivity contribution in [3.63, 3.8) is 0 Å². The molecule has 3 rings (SSSR count). The van der Waals surface area contributed by atoms with E-state index in [1.165, 1.54) is 12.7 Å². The number of fused-ring (bicyclic) bond motifs is 1. The summed E-state index contributed by atoms with van der Waals surface area (Å²) in [4.78, 5) is 11.7. The lowest BCUT2D eigenvalue weighted by Gasteiger charge is -2.10. The van der Waals surface area contributed by atoms with Crippen molar-refractivity contribution in [3.8, 4) is 0 Å². The lowest BCUT2D eigenvalue weighted by Crippen LogP contribution is -2.10. The van der Waals surface area contributed by atoms with Crippen LogP contribution in [0.1, 0.15) is 11.3 Å². The molecule has 0 aliphatic rings. The van der Waals surface area contributed by atoms with Crippen LogP contribution in [-0.4, -0.2) is 17.6 Å². The SMILES string of the molecule is COC(=O)Cc1cc2cc(Br)ccc2n1Cc1ccccc1. The van der Waals surface area contributed by atoms with E-state index >= 15 is 0 Å². The molecule has 0 spiro atoms. The van der Waals surface area contributed by atoms with E-state index in [0.29, 0.717) is 0 Å². The zero-order valence-corrected chi connectivity index (χ0v) is 13.8. The highest BCUT2D eigenvalue weighted by Crippen LogP contribution is 2.25. The maximum absolute atomic E-state index is 11.7. The van der Waals surface area contributed by atoms with Gasteiger partial charge in [0.05, 0.1) is 13.5 Å². The van der Waals surface area contributed by atoms with E-state index < -0.39 is 0 Å². The fourth-order valence-corrected chi connectivity index (χ4v) is 3.00. The molecule has 0 N–H and O–H groups in total. The predicted octanol–water partition coefficient (Wildman–Crippen LogP) is 4.17. The number of hydrogen-bond acceptors (Lipinski definition) is 2. The van der Waals surface area contributed by atoms with E-state index in [9.17, 15) is 4.79 Å². The quantitative estimate of drug-likeness (QED) is 0.656. The Hall–Kier alpha value is -2.07. The Kier molecular flexibility index (Phi) is 4.29. The summed E-state index contributed by atoms with van der Waals surface area (Å²) in [5, 5.41) is 1.12. The van der Waals surface area contributed by atoms with Crippen LogP contribution in [0.25, 0.3) is 10.9 Å². The third kappa shape index (κ3) is 3.07. The molecule has 0 radical (unpaired) electrons. The largest absolute Gasteiger partial charge is 0.469 e. The number of ether oxygens (including phenoxy) is 1. The second kappa shape index (κ2) is 6.36. The minimum absolute atomic E-state index is 0.226. The summed E-state index contributed by atoms with van der Waals surface area (Å²) in [6.07, 6.45) is 0.273. The van der Waals surface area contributed by atoms with Crippen molar-refractivity contribution >= 4 is 32.8 Å². The summed E-state index contributed by atoms with van der Waals surface area (Å²) < 4.78 is 8.02. The topological polar surface area (TPSA) is 31.2 Å². The molecule has 2 aromatic carbocycles. The minimum atomic E-state index is -0.226. The van der Waals surface area contributed by atoms with Gasteiger partial charge >= 0.3 is 5.97 Å². The Balaban J connectivity index is 2.07. The van der Waals surface area contributed by atoms with E-state index in [-0.39, 0.29) is 12.4 Å². The number of carbonyl (C=O) groups excluding carboxylic acids is 1. The minimum Gasteiger partial charge on any atom is -0.469 e. The van der Waals surface area contributed by atoms with Gasteiger partial charge in [-0.25, -0.2) is 0 Å². The first-order valence-electron chi connectivity index (χ1n) is 7.06. The Morgan fingerprint density at radius 1 is 1.14 bits per heavy atom. The number of benzene rings is 2. The zero-order chi connectivity index (χ0) is 15.5. The van der Waals surface area contributed by atoms with Crippen LogP contribution < -0.4 is 0 Å². The van der Waals surface area contributed by atoms with Crippen molar-refractivity contribution in [1.82, 2.24) is 4.57 Å². The highest BCUT2D eigenvalue weighted by Gasteiger charge is 2.13. The number of esters is 1. The molecule has 4 heteroatoms. The number of nitrogens with zero attached hydrogens (tertiary/aromatic N) is 1. The summed E-state index contributed by atoms with van der Waals surface area (Å²) >= 11 is 3.50. The van der Waals surface area contributed by atoms with E-state index in [0.717, 1.165) is 27.6 Å². The monoisotopic (exact) mass is 357 g/mol. The Bertz CT molecular complexity index is 809. The molecule has 22 heavy (non-hydrogen) atoms. The average Bonchev–Trinajstić information content (AvgIpc) is 2.84. The molecule has 0 aliphatic carbocycles. The van der Waals surface area contributed by atoms with Crippen LogP contribution in [0.15, 0.2) is 59.1 Å². The molecule has 1 heterocycles. The first-order chi connectivity index (χ1) is 10.7. The van der Waals surface area contributed by atoms with E-state index in [2.05, 4.69) is 50.8 Å². The van der Waals surface area contributed by atoms with Gasteiger partial charge in [-0.05, 0) is 29.8 Å². The lowest BCUT2D eigenvalue weighted by atomic mass is 10.2. The molecule has 0 bridgehead atoms. The number of carbonyl (C=O) groups is 1. The van der Waals surface area contributed by atoms with Crippen LogP contribution in [0, 0.1) is 0 Å². The van der Waals surface area contributed by atoms with Gasteiger partial charge < -0.3 is 9.30 Å². The third-order valence-corrected chi connectivity index (χ3v) is 4.18. The predicted molar refractivity (Wildman–Crippen MR) is 90.9 cm³/mol. The summed E-state index contributed by atoms with van der Waals surface area (Å²) in [5.41, 5.74) is 3.28. The van der Waals surface area contributed by atoms with Gasteiger partial charge in [0.2, 0.25) is 0 Å². The van der Waals surface area contributed by atoms with E-state index in [4.69, 9.17) is 4.74 Å². The first kappa shape index (κ1) is 14.9. The van der Waals surface area contributed by atoms with Crippen molar-refractivity contribution in [1.29, 1.82) is 0 Å². The fourth-order valence-electron chi connectivity index (χ4n) is 2.62. The van der Waals surface area contributed by atoms with Crippen molar-refractivity contribution in [2.75, 3.05) is 7.11 Å². The summed E-state index contributed by atoms with van der Waals surface area (Å²) in [5.74, 6) is -0.226. The number of hydrogen-bond donors (Lipinski definition) is 0. The van der Waals surface area contributed by atoms with Crippen LogP contribution in [0.2, 0.25) is 0 Å². The molecule has 3 aromatic rings. The number of rotatable bonds is 4. The molecule has 0 fully saturated rings. The van der Waals surface area contributed by atoms with Crippen molar-refractivity contribution < 1.29 is 9.53 Å². The van der Waals surface area contributed by atoms with Crippen LogP contribution in [-0.2, 0) is 22.5 Å². The third-order valence-electron chi connectivity index (χ3n) is 3.69. The smallest absolute Gasteiger partial charge is 0.311 e. The molecular formula is C18H16BrNO2. The maximum atomic E-state index is 11.7. The van der Waals surface area contributed by atoms with Gasteiger partial charge in [-0.3, -0.25) is 4.79 Å². The highest BCUT2D eigenvalue weighted by atomic mass is 79.9. The first-order valence-corrected chi connectivity index (χ1v) is 7.85. The summed E-state index contributed by atoms with van der Waals surface area (Å²) in [6, 6.07) is 18.4. The number of aromatic nitrogens is 1. The van der Waals surface area contributed by atoms with Gasteiger partial charge in [-0.15, -0.1) is 0 Å². The second-order valence-corrected chi connectivity index (χ2v) is 6.08. The Labute approximate surface area is 137 Å². The second-order valence-electron chi connectivity index (χ2n) is 5.16. The average molecular weight is 358 g/mol. The van der Waals surface area contributed by atoms with Crippen LogP contribution in [0.3, 0.4) is 0 Å². The summed E-state index contributed by atoms with van der Waals surface area (Å²) in [7, 11) is 1.42. The normalized spacial score (nSPS) is 10.8. The van der Waals surface area contributed by atoms with Crippen molar-refractivity contribution in [2.24, 2.45) is 0 Å². The molecule has 0 amide bonds. The maximum Gasteiger partial charge on any atom is 0.311 e. The van der Waals surface area contributed by atoms with Crippen molar-refractivity contribution in [2.45, 2.75) is 13.0 Å². The van der Waals surface area contributed by atoms with Crippen LogP contribution >= 0.6 is 15.9 Å². The Morgan fingerprint density at radius 2 is 1.91 bits per heavy atom. The summed E-state index contributed by atoms with van der Waals surface area (Å²) in [6.45, 7) is 0.734. The van der Waals surface area contributed by atoms with E-state index in [1.807, 2.05) is 24.3 Å². The molecule has 112 valence electrons. The molecule has 1 aromatic heterocycles.